The van der Waals surface area contributed by atoms with E-state index in [9.17, 15) is 14.9 Å². The molecule has 0 aliphatic carbocycles. The summed E-state index contributed by atoms with van der Waals surface area (Å²) in [7, 11) is 0. The van der Waals surface area contributed by atoms with Crippen molar-refractivity contribution in [2.45, 2.75) is 47.1 Å². The van der Waals surface area contributed by atoms with Crippen molar-refractivity contribution in [2.75, 3.05) is 18.5 Å². The van der Waals surface area contributed by atoms with Gasteiger partial charge in [-0.15, -0.1) is 0 Å². The first-order valence-electron chi connectivity index (χ1n) is 11.3. The van der Waals surface area contributed by atoms with Gasteiger partial charge >= 0.3 is 5.69 Å². The second-order valence-electron chi connectivity index (χ2n) is 7.94. The minimum absolute atomic E-state index is 0.0318. The Hall–Kier alpha value is -3.88. The fraction of sp³-hybridized carbons (Fsp3) is 0.360. The van der Waals surface area contributed by atoms with Crippen LogP contribution in [0, 0.1) is 24.0 Å². The first kappa shape index (κ1) is 24.8. The van der Waals surface area contributed by atoms with Crippen molar-refractivity contribution in [3.8, 4) is 11.5 Å². The molecule has 0 saturated heterocycles. The summed E-state index contributed by atoms with van der Waals surface area (Å²) < 4.78 is 13.1. The molecule has 0 saturated carbocycles. The van der Waals surface area contributed by atoms with Crippen molar-refractivity contribution in [3.63, 3.8) is 0 Å². The highest BCUT2D eigenvalue weighted by Crippen LogP contribution is 2.31. The third kappa shape index (κ3) is 5.92. The highest BCUT2D eigenvalue weighted by Gasteiger charge is 2.21. The molecule has 1 aromatic heterocycles. The number of ether oxygens (including phenoxy) is 2. The highest BCUT2D eigenvalue weighted by atomic mass is 16.6. The molecule has 0 unspecified atom stereocenters. The van der Waals surface area contributed by atoms with Gasteiger partial charge in [0, 0.05) is 17.3 Å². The van der Waals surface area contributed by atoms with E-state index in [2.05, 4.69) is 10.4 Å². The number of nitrogens with zero attached hydrogens (tertiary/aromatic N) is 3. The van der Waals surface area contributed by atoms with E-state index in [4.69, 9.17) is 9.47 Å². The van der Waals surface area contributed by atoms with E-state index >= 15 is 0 Å². The van der Waals surface area contributed by atoms with Gasteiger partial charge in [0.05, 0.1) is 24.7 Å². The van der Waals surface area contributed by atoms with Crippen molar-refractivity contribution in [1.82, 2.24) is 9.78 Å². The number of aromatic nitrogens is 2. The van der Waals surface area contributed by atoms with E-state index in [0.717, 1.165) is 18.4 Å². The Labute approximate surface area is 198 Å². The fourth-order valence-electron chi connectivity index (χ4n) is 3.49. The van der Waals surface area contributed by atoms with Crippen LogP contribution in [0.25, 0.3) is 0 Å². The van der Waals surface area contributed by atoms with Crippen LogP contribution in [0.4, 0.5) is 11.4 Å². The molecular weight excluding hydrogens is 436 g/mol. The number of nitro groups is 1. The molecule has 3 aromatic rings. The monoisotopic (exact) mass is 466 g/mol. The summed E-state index contributed by atoms with van der Waals surface area (Å²) in [6, 6.07) is 12.4. The molecule has 0 fully saturated rings. The first-order chi connectivity index (χ1) is 16.3. The molecule has 0 spiro atoms. The predicted octanol–water partition coefficient (Wildman–Crippen LogP) is 5.29. The number of amides is 1. The van der Waals surface area contributed by atoms with Crippen LogP contribution in [0.2, 0.25) is 0 Å². The smallest absolute Gasteiger partial charge is 0.312 e. The number of hydrogen-bond acceptors (Lipinski definition) is 6. The maximum atomic E-state index is 12.8. The number of carbonyl (C=O) groups is 1. The molecule has 2 aromatic carbocycles. The summed E-state index contributed by atoms with van der Waals surface area (Å²) in [4.78, 5) is 23.6. The van der Waals surface area contributed by atoms with Gasteiger partial charge in [-0.1, -0.05) is 26.0 Å². The number of aryl methyl sites for hydroxylation is 1. The van der Waals surface area contributed by atoms with Gasteiger partial charge < -0.3 is 14.8 Å². The lowest BCUT2D eigenvalue weighted by molar-refractivity contribution is -0.386. The lowest BCUT2D eigenvalue weighted by Crippen LogP contribution is -2.12. The fourth-order valence-corrected chi connectivity index (χ4v) is 3.49. The van der Waals surface area contributed by atoms with Gasteiger partial charge in [-0.2, -0.15) is 5.10 Å². The molecule has 9 nitrogen and oxygen atoms in total. The van der Waals surface area contributed by atoms with Gasteiger partial charge in [0.2, 0.25) is 0 Å². The van der Waals surface area contributed by atoms with Crippen LogP contribution in [0.3, 0.4) is 0 Å². The molecule has 3 rings (SSSR count). The number of anilines is 1. The van der Waals surface area contributed by atoms with E-state index in [1.165, 1.54) is 0 Å². The largest absolute Gasteiger partial charge is 0.490 e. The molecule has 0 aliphatic heterocycles. The lowest BCUT2D eigenvalue weighted by atomic mass is 10.1. The van der Waals surface area contributed by atoms with Crippen molar-refractivity contribution < 1.29 is 19.2 Å². The Morgan fingerprint density at radius 3 is 2.26 bits per heavy atom. The molecule has 1 heterocycles. The van der Waals surface area contributed by atoms with Crippen molar-refractivity contribution in [1.29, 1.82) is 0 Å². The Morgan fingerprint density at radius 2 is 1.68 bits per heavy atom. The van der Waals surface area contributed by atoms with E-state index in [1.807, 2.05) is 26.0 Å². The molecule has 0 atom stereocenters. The molecular formula is C25H30N4O5. The molecule has 0 radical (unpaired) electrons. The van der Waals surface area contributed by atoms with Gasteiger partial charge in [-0.05, 0) is 56.5 Å². The average molecular weight is 467 g/mol. The highest BCUT2D eigenvalue weighted by molar-refractivity contribution is 6.04. The summed E-state index contributed by atoms with van der Waals surface area (Å²) in [6.07, 6.45) is 1.75. The molecule has 9 heteroatoms. The quantitative estimate of drug-likeness (QED) is 0.304. The minimum Gasteiger partial charge on any atom is -0.490 e. The average Bonchev–Trinajstić information content (AvgIpc) is 3.10. The molecule has 34 heavy (non-hydrogen) atoms. The Balaban J connectivity index is 1.70. The topological polar surface area (TPSA) is 109 Å². The maximum Gasteiger partial charge on any atom is 0.312 e. The van der Waals surface area contributed by atoms with Crippen LogP contribution in [0.5, 0.6) is 11.5 Å². The second kappa shape index (κ2) is 11.3. The van der Waals surface area contributed by atoms with E-state index in [0.29, 0.717) is 53.9 Å². The van der Waals surface area contributed by atoms with Gasteiger partial charge in [0.15, 0.2) is 11.5 Å². The van der Waals surface area contributed by atoms with Crippen LogP contribution < -0.4 is 14.8 Å². The number of benzene rings is 2. The van der Waals surface area contributed by atoms with E-state index in [-0.39, 0.29) is 11.6 Å². The van der Waals surface area contributed by atoms with E-state index < -0.39 is 4.92 Å². The Morgan fingerprint density at radius 1 is 1.03 bits per heavy atom. The van der Waals surface area contributed by atoms with Crippen molar-refractivity contribution in [2.24, 2.45) is 0 Å². The summed E-state index contributed by atoms with van der Waals surface area (Å²) in [5.74, 6) is 1.00. The summed E-state index contributed by atoms with van der Waals surface area (Å²) in [6.45, 7) is 8.88. The third-order valence-corrected chi connectivity index (χ3v) is 5.20. The maximum absolute atomic E-state index is 12.8. The number of nitrogens with one attached hydrogen (secondary N) is 1. The summed E-state index contributed by atoms with van der Waals surface area (Å²) in [5.41, 5.74) is 2.89. The molecule has 0 bridgehead atoms. The summed E-state index contributed by atoms with van der Waals surface area (Å²) >= 11 is 0. The van der Waals surface area contributed by atoms with Crippen LogP contribution in [0.1, 0.15) is 54.0 Å². The van der Waals surface area contributed by atoms with Crippen molar-refractivity contribution in [3.05, 3.63) is 75.1 Å². The second-order valence-corrected chi connectivity index (χ2v) is 7.94. The predicted molar refractivity (Wildman–Crippen MR) is 130 cm³/mol. The minimum atomic E-state index is -0.414. The number of carbonyl (C=O) groups excluding carboxylic acids is 1. The SMILES string of the molecule is CCCOc1ccc(NC(=O)c2ccc(Cn3nc(C)c([N+](=O)[O-])c3C)cc2)cc1OCCC. The van der Waals surface area contributed by atoms with Gasteiger partial charge in [-0.25, -0.2) is 0 Å². The van der Waals surface area contributed by atoms with Crippen LogP contribution in [0.15, 0.2) is 42.5 Å². The summed E-state index contributed by atoms with van der Waals surface area (Å²) in [5, 5.41) is 18.4. The lowest BCUT2D eigenvalue weighted by Gasteiger charge is -2.14. The van der Waals surface area contributed by atoms with Gasteiger partial charge in [0.1, 0.15) is 11.4 Å². The third-order valence-electron chi connectivity index (χ3n) is 5.20. The van der Waals surface area contributed by atoms with Gasteiger partial charge in [0.25, 0.3) is 5.91 Å². The molecule has 1 amide bonds. The van der Waals surface area contributed by atoms with Crippen molar-refractivity contribution >= 4 is 17.3 Å². The van der Waals surface area contributed by atoms with Gasteiger partial charge in [-0.3, -0.25) is 19.6 Å². The normalized spacial score (nSPS) is 10.7. The Bertz CT molecular complexity index is 1150. The standard InChI is InChI=1S/C25H30N4O5/c1-5-13-33-22-12-11-21(15-23(22)34-14-6-2)26-25(30)20-9-7-19(8-10-20)16-28-18(4)24(29(31)32)17(3)27-28/h7-12,15H,5-6,13-14,16H2,1-4H3,(H,26,30). The first-order valence-corrected chi connectivity index (χ1v) is 11.3. The van der Waals surface area contributed by atoms with Crippen LogP contribution in [-0.2, 0) is 6.54 Å². The van der Waals surface area contributed by atoms with Crippen LogP contribution in [-0.4, -0.2) is 33.8 Å². The number of hydrogen-bond donors (Lipinski definition) is 1. The van der Waals surface area contributed by atoms with E-state index in [1.54, 1.807) is 48.9 Å². The number of rotatable bonds is 11. The molecule has 180 valence electrons. The molecule has 1 N–H and O–H groups in total. The zero-order valence-electron chi connectivity index (χ0n) is 20.0. The zero-order valence-corrected chi connectivity index (χ0v) is 20.0. The van der Waals surface area contributed by atoms with Crippen LogP contribution >= 0.6 is 0 Å². The molecule has 0 aliphatic rings. The Kier molecular flexibility index (Phi) is 8.24. The zero-order chi connectivity index (χ0) is 24.7.